The molecule has 1 aromatic heterocycles. The fourth-order valence-corrected chi connectivity index (χ4v) is 4.90. The summed E-state index contributed by atoms with van der Waals surface area (Å²) < 4.78 is 7.26. The summed E-state index contributed by atoms with van der Waals surface area (Å²) >= 11 is 3.67. The Morgan fingerprint density at radius 1 is 0.731 bits per heavy atom. The minimum absolute atomic E-state index is 0.640. The van der Waals surface area contributed by atoms with E-state index >= 15 is 0 Å². The molecule has 0 spiro atoms. The molecule has 1 aliphatic carbocycles. The molecule has 4 aromatic carbocycles. The van der Waals surface area contributed by atoms with Crippen molar-refractivity contribution in [3.05, 3.63) is 82.3 Å². The number of furan rings is 1. The summed E-state index contributed by atoms with van der Waals surface area (Å²) in [6.45, 7) is 0. The van der Waals surface area contributed by atoms with Gasteiger partial charge >= 0.3 is 0 Å². The lowest BCUT2D eigenvalue weighted by atomic mass is 9.96. The van der Waals surface area contributed by atoms with Gasteiger partial charge in [0.2, 0.25) is 0 Å². The molecule has 6 rings (SSSR count). The predicted molar refractivity (Wildman–Crippen MR) is 108 cm³/mol. The van der Waals surface area contributed by atoms with E-state index in [0.29, 0.717) is 0 Å². The van der Waals surface area contributed by atoms with Crippen LogP contribution in [0.25, 0.3) is 43.8 Å². The van der Waals surface area contributed by atoms with E-state index in [9.17, 15) is 5.11 Å². The Hall–Kier alpha value is -2.62. The van der Waals surface area contributed by atoms with Gasteiger partial charge in [0, 0.05) is 20.8 Å². The normalized spacial score (nSPS) is 15.7. The van der Waals surface area contributed by atoms with Gasteiger partial charge in [-0.2, -0.15) is 0 Å². The molecule has 26 heavy (non-hydrogen) atoms. The van der Waals surface area contributed by atoms with Crippen molar-refractivity contribution in [3.63, 3.8) is 0 Å². The molecule has 3 heteroatoms. The molecule has 0 bridgehead atoms. The molecular formula is C23H13BrO2. The highest BCUT2D eigenvalue weighted by atomic mass is 79.9. The van der Waals surface area contributed by atoms with Crippen molar-refractivity contribution in [2.45, 2.75) is 6.10 Å². The first-order valence-corrected chi connectivity index (χ1v) is 9.37. The Kier molecular flexibility index (Phi) is 2.78. The highest BCUT2D eigenvalue weighted by Gasteiger charge is 2.32. The van der Waals surface area contributed by atoms with Gasteiger partial charge in [-0.15, -0.1) is 0 Å². The Balaban J connectivity index is 1.86. The zero-order valence-electron chi connectivity index (χ0n) is 13.7. The minimum Gasteiger partial charge on any atom is -0.455 e. The van der Waals surface area contributed by atoms with E-state index in [0.717, 1.165) is 59.4 Å². The van der Waals surface area contributed by atoms with E-state index in [1.165, 1.54) is 0 Å². The van der Waals surface area contributed by atoms with Crippen LogP contribution in [0.3, 0.4) is 0 Å². The van der Waals surface area contributed by atoms with Gasteiger partial charge in [0.1, 0.15) is 17.3 Å². The Morgan fingerprint density at radius 2 is 1.46 bits per heavy atom. The second-order valence-corrected chi connectivity index (χ2v) is 7.63. The van der Waals surface area contributed by atoms with Gasteiger partial charge in [0.25, 0.3) is 0 Å². The largest absolute Gasteiger partial charge is 0.455 e. The van der Waals surface area contributed by atoms with Crippen LogP contribution in [0, 0.1) is 0 Å². The van der Waals surface area contributed by atoms with Crippen LogP contribution in [0.5, 0.6) is 0 Å². The minimum atomic E-state index is -0.640. The molecule has 5 aromatic rings. The lowest BCUT2D eigenvalue weighted by molar-refractivity contribution is 0.225. The van der Waals surface area contributed by atoms with Crippen molar-refractivity contribution in [1.82, 2.24) is 0 Å². The van der Waals surface area contributed by atoms with Crippen LogP contribution < -0.4 is 0 Å². The summed E-state index contributed by atoms with van der Waals surface area (Å²) in [6, 6.07) is 22.5. The van der Waals surface area contributed by atoms with E-state index < -0.39 is 6.10 Å². The van der Waals surface area contributed by atoms with Crippen LogP contribution in [0.1, 0.15) is 17.2 Å². The van der Waals surface area contributed by atoms with E-state index in [4.69, 9.17) is 4.42 Å². The molecule has 0 aliphatic heterocycles. The molecule has 2 nitrogen and oxygen atoms in total. The average molecular weight is 401 g/mol. The van der Waals surface area contributed by atoms with Crippen molar-refractivity contribution >= 4 is 48.6 Å². The third kappa shape index (κ3) is 1.70. The molecule has 1 aliphatic rings. The van der Waals surface area contributed by atoms with E-state index in [-0.39, 0.29) is 0 Å². The van der Waals surface area contributed by atoms with E-state index in [1.54, 1.807) is 0 Å². The third-order valence-corrected chi connectivity index (χ3v) is 6.10. The molecule has 0 saturated heterocycles. The van der Waals surface area contributed by atoms with Crippen molar-refractivity contribution in [2.75, 3.05) is 0 Å². The quantitative estimate of drug-likeness (QED) is 0.319. The van der Waals surface area contributed by atoms with Gasteiger partial charge in [-0.3, -0.25) is 0 Å². The van der Waals surface area contributed by atoms with Crippen LogP contribution in [-0.2, 0) is 0 Å². The van der Waals surface area contributed by atoms with Gasteiger partial charge in [-0.05, 0) is 39.6 Å². The van der Waals surface area contributed by atoms with Crippen LogP contribution in [-0.4, -0.2) is 5.11 Å². The average Bonchev–Trinajstić information content (AvgIpc) is 3.18. The molecule has 1 atom stereocenters. The van der Waals surface area contributed by atoms with Crippen molar-refractivity contribution in [3.8, 4) is 11.1 Å². The van der Waals surface area contributed by atoms with Crippen molar-refractivity contribution in [2.24, 2.45) is 0 Å². The highest BCUT2D eigenvalue weighted by molar-refractivity contribution is 9.10. The fraction of sp³-hybridized carbons (Fsp3) is 0.0435. The lowest BCUT2D eigenvalue weighted by Gasteiger charge is -2.10. The first-order chi connectivity index (χ1) is 12.7. The van der Waals surface area contributed by atoms with Gasteiger partial charge in [0.15, 0.2) is 0 Å². The van der Waals surface area contributed by atoms with Crippen LogP contribution in [0.4, 0.5) is 0 Å². The number of aliphatic hydroxyl groups is 1. The summed E-state index contributed by atoms with van der Waals surface area (Å²) in [4.78, 5) is 0. The smallest absolute Gasteiger partial charge is 0.143 e. The number of benzene rings is 4. The second-order valence-electron chi connectivity index (χ2n) is 6.78. The maximum atomic E-state index is 11.0. The molecule has 1 heterocycles. The zero-order valence-corrected chi connectivity index (χ0v) is 15.2. The van der Waals surface area contributed by atoms with Crippen molar-refractivity contribution in [1.29, 1.82) is 0 Å². The summed E-state index contributed by atoms with van der Waals surface area (Å²) in [5, 5.41) is 15.5. The molecule has 0 fully saturated rings. The number of hydrogen-bond acceptors (Lipinski definition) is 2. The maximum absolute atomic E-state index is 11.0. The van der Waals surface area contributed by atoms with E-state index in [2.05, 4.69) is 40.2 Å². The molecule has 0 saturated carbocycles. The number of halogens is 1. The molecule has 1 N–H and O–H groups in total. The Labute approximate surface area is 157 Å². The van der Waals surface area contributed by atoms with Gasteiger partial charge < -0.3 is 9.52 Å². The lowest BCUT2D eigenvalue weighted by Crippen LogP contribution is -1.93. The molecular weight excluding hydrogens is 388 g/mol. The summed E-state index contributed by atoms with van der Waals surface area (Å²) in [5.41, 5.74) is 5.67. The van der Waals surface area contributed by atoms with Crippen LogP contribution >= 0.6 is 15.9 Å². The Bertz CT molecular complexity index is 1360. The standard InChI is InChI=1S/C23H13BrO2/c24-18-11-17-20(14-7-2-1-5-12(14)18)21-16(22(17)25)10-9-15-13-6-3-4-8-19(13)26-23(15)21/h1-11,22,25H. The van der Waals surface area contributed by atoms with Crippen LogP contribution in [0.15, 0.2) is 75.6 Å². The van der Waals surface area contributed by atoms with E-state index in [1.807, 2.05) is 42.5 Å². The maximum Gasteiger partial charge on any atom is 0.143 e. The summed E-state index contributed by atoms with van der Waals surface area (Å²) in [5.74, 6) is 0. The number of rotatable bonds is 0. The second kappa shape index (κ2) is 4.97. The molecule has 124 valence electrons. The monoisotopic (exact) mass is 400 g/mol. The molecule has 1 unspecified atom stereocenters. The summed E-state index contributed by atoms with van der Waals surface area (Å²) in [7, 11) is 0. The Morgan fingerprint density at radius 3 is 2.31 bits per heavy atom. The van der Waals surface area contributed by atoms with Crippen LogP contribution in [0.2, 0.25) is 0 Å². The molecule has 0 amide bonds. The summed E-state index contributed by atoms with van der Waals surface area (Å²) in [6.07, 6.45) is -0.640. The predicted octanol–water partition coefficient (Wildman–Crippen LogP) is 6.56. The SMILES string of the molecule is OC1c2cc(Br)c3ccccc3c2-c2c1ccc1c2oc2ccccc21. The van der Waals surface area contributed by atoms with Gasteiger partial charge in [0.05, 0.1) is 0 Å². The number of fused-ring (bicyclic) bond motifs is 9. The molecule has 0 radical (unpaired) electrons. The number of para-hydroxylation sites is 1. The van der Waals surface area contributed by atoms with Gasteiger partial charge in [-0.1, -0.05) is 70.5 Å². The number of hydrogen-bond donors (Lipinski definition) is 1. The fourth-order valence-electron chi connectivity index (χ4n) is 4.30. The highest BCUT2D eigenvalue weighted by Crippen LogP contribution is 2.52. The first-order valence-electron chi connectivity index (χ1n) is 8.58. The topological polar surface area (TPSA) is 33.4 Å². The van der Waals surface area contributed by atoms with Crippen molar-refractivity contribution < 1.29 is 9.52 Å². The van der Waals surface area contributed by atoms with Gasteiger partial charge in [-0.25, -0.2) is 0 Å². The zero-order chi connectivity index (χ0) is 17.4. The third-order valence-electron chi connectivity index (χ3n) is 5.44. The number of aliphatic hydroxyl groups excluding tert-OH is 1. The first kappa shape index (κ1) is 14.5.